The van der Waals surface area contributed by atoms with Crippen LogP contribution in [0.4, 0.5) is 5.69 Å². The Labute approximate surface area is 128 Å². The molecule has 0 fully saturated rings. The lowest BCUT2D eigenvalue weighted by atomic mass is 10.0. The van der Waals surface area contributed by atoms with Crippen LogP contribution in [-0.2, 0) is 12.8 Å². The summed E-state index contributed by atoms with van der Waals surface area (Å²) >= 11 is 3.41. The quantitative estimate of drug-likeness (QED) is 0.851. The average Bonchev–Trinajstić information content (AvgIpc) is 2.63. The van der Waals surface area contributed by atoms with E-state index >= 15 is 0 Å². The number of hydrogen-bond acceptors (Lipinski definition) is 2. The van der Waals surface area contributed by atoms with E-state index in [2.05, 4.69) is 58.1 Å². The lowest BCUT2D eigenvalue weighted by Crippen LogP contribution is -2.26. The van der Waals surface area contributed by atoms with Crippen molar-refractivity contribution in [1.82, 2.24) is 0 Å². The molecule has 104 valence electrons. The van der Waals surface area contributed by atoms with Crippen LogP contribution in [0, 0.1) is 6.92 Å². The summed E-state index contributed by atoms with van der Waals surface area (Å²) in [5.41, 5.74) is 5.25. The van der Waals surface area contributed by atoms with Gasteiger partial charge in [-0.25, -0.2) is 0 Å². The zero-order valence-electron chi connectivity index (χ0n) is 11.6. The lowest BCUT2D eigenvalue weighted by molar-refractivity contribution is 0.471. The van der Waals surface area contributed by atoms with E-state index in [1.807, 2.05) is 6.07 Å². The van der Waals surface area contributed by atoms with Gasteiger partial charge in [-0.3, -0.25) is 0 Å². The van der Waals surface area contributed by atoms with Gasteiger partial charge in [-0.15, -0.1) is 0 Å². The Bertz CT molecular complexity index is 606. The van der Waals surface area contributed by atoms with Crippen LogP contribution in [-0.4, -0.2) is 18.2 Å². The molecule has 2 nitrogen and oxygen atoms in total. The Hall–Kier alpha value is -1.48. The van der Waals surface area contributed by atoms with Gasteiger partial charge in [0.2, 0.25) is 0 Å². The third kappa shape index (κ3) is 2.55. The summed E-state index contributed by atoms with van der Waals surface area (Å²) in [6.45, 7) is 4.18. The number of aromatic hydroxyl groups is 1. The number of phenolic OH excluding ortho intramolecular Hbond substituents is 1. The van der Waals surface area contributed by atoms with E-state index in [0.717, 1.165) is 30.4 Å². The molecule has 0 bridgehead atoms. The van der Waals surface area contributed by atoms with Crippen LogP contribution in [0.15, 0.2) is 40.9 Å². The van der Waals surface area contributed by atoms with E-state index in [9.17, 15) is 5.11 Å². The van der Waals surface area contributed by atoms with E-state index < -0.39 is 0 Å². The molecule has 0 amide bonds. The molecular formula is C17H18BrNO. The highest BCUT2D eigenvalue weighted by atomic mass is 79.9. The van der Waals surface area contributed by atoms with E-state index in [-0.39, 0.29) is 0 Å². The van der Waals surface area contributed by atoms with E-state index in [4.69, 9.17) is 0 Å². The first-order valence-electron chi connectivity index (χ1n) is 6.96. The van der Waals surface area contributed by atoms with Crippen molar-refractivity contribution in [2.75, 3.05) is 18.0 Å². The largest absolute Gasteiger partial charge is 0.507 e. The van der Waals surface area contributed by atoms with Crippen LogP contribution in [0.25, 0.3) is 0 Å². The van der Waals surface area contributed by atoms with Crippen LogP contribution < -0.4 is 4.90 Å². The molecule has 0 saturated heterocycles. The van der Waals surface area contributed by atoms with Crippen LogP contribution >= 0.6 is 15.9 Å². The number of nitrogens with zero attached hydrogens (tertiary/aromatic N) is 1. The topological polar surface area (TPSA) is 23.5 Å². The molecule has 2 aromatic rings. The van der Waals surface area contributed by atoms with Gasteiger partial charge in [0.25, 0.3) is 0 Å². The minimum atomic E-state index is 0.341. The Morgan fingerprint density at radius 2 is 1.70 bits per heavy atom. The van der Waals surface area contributed by atoms with Gasteiger partial charge in [-0.2, -0.15) is 0 Å². The Morgan fingerprint density at radius 3 is 2.40 bits per heavy atom. The molecule has 0 saturated carbocycles. The molecule has 0 atom stereocenters. The van der Waals surface area contributed by atoms with Crippen LogP contribution in [0.3, 0.4) is 0 Å². The van der Waals surface area contributed by atoms with E-state index in [0.29, 0.717) is 5.75 Å². The summed E-state index contributed by atoms with van der Waals surface area (Å²) in [5, 5.41) is 9.83. The average molecular weight is 332 g/mol. The predicted molar refractivity (Wildman–Crippen MR) is 86.6 cm³/mol. The predicted octanol–water partition coefficient (Wildman–Crippen LogP) is 4.07. The zero-order chi connectivity index (χ0) is 14.1. The molecule has 1 aliphatic rings. The molecule has 2 aromatic carbocycles. The smallest absolute Gasteiger partial charge is 0.130 e. The van der Waals surface area contributed by atoms with E-state index in [1.54, 1.807) is 0 Å². The maximum absolute atomic E-state index is 9.83. The van der Waals surface area contributed by atoms with Crippen LogP contribution in [0.1, 0.15) is 16.7 Å². The lowest BCUT2D eigenvalue weighted by Gasteiger charge is -2.24. The SMILES string of the molecule is Cc1ccccc1N1CCc2cc(O)c(Br)cc2CC1. The normalized spacial score (nSPS) is 14.8. The fraction of sp³-hybridized carbons (Fsp3) is 0.294. The summed E-state index contributed by atoms with van der Waals surface area (Å²) in [6.07, 6.45) is 1.99. The second kappa shape index (κ2) is 5.49. The number of anilines is 1. The zero-order valence-corrected chi connectivity index (χ0v) is 13.2. The van der Waals surface area contributed by atoms with Gasteiger partial charge in [0.1, 0.15) is 5.75 Å². The first kappa shape index (κ1) is 13.5. The van der Waals surface area contributed by atoms with Crippen molar-refractivity contribution in [1.29, 1.82) is 0 Å². The molecule has 0 spiro atoms. The molecule has 0 radical (unpaired) electrons. The highest BCUT2D eigenvalue weighted by Crippen LogP contribution is 2.30. The number of fused-ring (bicyclic) bond motifs is 1. The highest BCUT2D eigenvalue weighted by Gasteiger charge is 2.17. The number of aryl methyl sites for hydroxylation is 1. The van der Waals surface area contributed by atoms with E-state index in [1.165, 1.54) is 22.4 Å². The van der Waals surface area contributed by atoms with Crippen molar-refractivity contribution < 1.29 is 5.11 Å². The minimum Gasteiger partial charge on any atom is -0.507 e. The highest BCUT2D eigenvalue weighted by molar-refractivity contribution is 9.10. The minimum absolute atomic E-state index is 0.341. The Morgan fingerprint density at radius 1 is 1.05 bits per heavy atom. The number of phenols is 1. The van der Waals surface area contributed by atoms with Gasteiger partial charge in [0.15, 0.2) is 0 Å². The van der Waals surface area contributed by atoms with Crippen molar-refractivity contribution in [2.24, 2.45) is 0 Å². The maximum atomic E-state index is 9.83. The summed E-state index contributed by atoms with van der Waals surface area (Å²) in [7, 11) is 0. The Balaban J connectivity index is 1.88. The first-order valence-corrected chi connectivity index (χ1v) is 7.75. The second-order valence-corrected chi connectivity index (χ2v) is 6.20. The standard InChI is InChI=1S/C17H18BrNO/c1-12-4-2-3-5-16(12)19-8-6-13-10-15(18)17(20)11-14(13)7-9-19/h2-5,10-11,20H,6-9H2,1H3. The molecule has 0 unspecified atom stereocenters. The molecule has 1 N–H and O–H groups in total. The number of hydrogen-bond donors (Lipinski definition) is 1. The summed E-state index contributed by atoms with van der Waals surface area (Å²) in [4.78, 5) is 2.44. The summed E-state index contributed by atoms with van der Waals surface area (Å²) in [5.74, 6) is 0.341. The number of rotatable bonds is 1. The fourth-order valence-corrected chi connectivity index (χ4v) is 3.28. The van der Waals surface area contributed by atoms with Crippen molar-refractivity contribution in [3.63, 3.8) is 0 Å². The van der Waals surface area contributed by atoms with Crippen LogP contribution in [0.2, 0.25) is 0 Å². The second-order valence-electron chi connectivity index (χ2n) is 5.35. The molecule has 3 rings (SSSR count). The summed E-state index contributed by atoms with van der Waals surface area (Å²) in [6, 6.07) is 12.5. The fourth-order valence-electron chi connectivity index (χ4n) is 2.89. The molecule has 20 heavy (non-hydrogen) atoms. The monoisotopic (exact) mass is 331 g/mol. The van der Waals surface area contributed by atoms with Gasteiger partial charge < -0.3 is 10.0 Å². The summed E-state index contributed by atoms with van der Waals surface area (Å²) < 4.78 is 0.792. The van der Waals surface area contributed by atoms with Gasteiger partial charge in [0.05, 0.1) is 4.47 Å². The van der Waals surface area contributed by atoms with Gasteiger partial charge in [-0.05, 0) is 70.6 Å². The molecule has 0 aromatic heterocycles. The number of halogens is 1. The molecule has 0 aliphatic carbocycles. The van der Waals surface area contributed by atoms with Gasteiger partial charge >= 0.3 is 0 Å². The van der Waals surface area contributed by atoms with Crippen molar-refractivity contribution >= 4 is 21.6 Å². The maximum Gasteiger partial charge on any atom is 0.130 e. The van der Waals surface area contributed by atoms with Crippen molar-refractivity contribution in [3.05, 3.63) is 57.6 Å². The van der Waals surface area contributed by atoms with Gasteiger partial charge in [0, 0.05) is 18.8 Å². The molecule has 3 heteroatoms. The number of para-hydroxylation sites is 1. The Kier molecular flexibility index (Phi) is 3.70. The van der Waals surface area contributed by atoms with Crippen molar-refractivity contribution in [2.45, 2.75) is 19.8 Å². The van der Waals surface area contributed by atoms with Crippen molar-refractivity contribution in [3.8, 4) is 5.75 Å². The molecule has 1 heterocycles. The van der Waals surface area contributed by atoms with Crippen LogP contribution in [0.5, 0.6) is 5.75 Å². The third-order valence-electron chi connectivity index (χ3n) is 4.03. The molecular weight excluding hydrogens is 314 g/mol. The molecule has 1 aliphatic heterocycles. The third-order valence-corrected chi connectivity index (χ3v) is 4.66. The number of benzene rings is 2. The first-order chi connectivity index (χ1) is 9.65. The van der Waals surface area contributed by atoms with Gasteiger partial charge in [-0.1, -0.05) is 18.2 Å².